The van der Waals surface area contributed by atoms with E-state index in [1.807, 2.05) is 35.3 Å². The molecule has 0 N–H and O–H groups in total. The fourth-order valence-electron chi connectivity index (χ4n) is 19.2. The molecule has 0 spiro atoms. The van der Waals surface area contributed by atoms with Crippen LogP contribution in [0.3, 0.4) is 0 Å². The van der Waals surface area contributed by atoms with Gasteiger partial charge in [-0.3, -0.25) is 0 Å². The number of hydrogen-bond donors (Lipinski definition) is 0. The molecule has 0 amide bonds. The molecular weight excluding hydrogens is 1450 g/mol. The fourth-order valence-corrected chi connectivity index (χ4v) is 23.2. The lowest BCUT2D eigenvalue weighted by atomic mass is 9.30. The zero-order chi connectivity index (χ0) is 76.1. The molecule has 9 heteroatoms. The van der Waals surface area contributed by atoms with Gasteiger partial charge in [0.2, 0.25) is 6.71 Å². The quantitative estimate of drug-likeness (QED) is 0.126. The van der Waals surface area contributed by atoms with Gasteiger partial charge in [-0.05, 0) is 165 Å². The van der Waals surface area contributed by atoms with Gasteiger partial charge in [-0.25, -0.2) is 0 Å². The number of para-hydroxylation sites is 2. The van der Waals surface area contributed by atoms with E-state index in [9.17, 15) is 0 Å². The van der Waals surface area contributed by atoms with Gasteiger partial charge in [-0.1, -0.05) is 395 Å². The molecule has 0 aromatic heterocycles. The lowest BCUT2D eigenvalue weighted by molar-refractivity contribution is 0.485. The summed E-state index contributed by atoms with van der Waals surface area (Å²) in [5, 5.41) is 0. The highest BCUT2D eigenvalue weighted by atomic mass is 32.2. The summed E-state index contributed by atoms with van der Waals surface area (Å²) < 4.78 is 7.59. The maximum absolute atomic E-state index is 7.59. The molecule has 0 saturated carbocycles. The summed E-state index contributed by atoms with van der Waals surface area (Å²) in [5.41, 5.74) is 38.2. The molecule has 6 aliphatic heterocycles. The first-order valence-corrected chi connectivity index (χ1v) is 42.3. The number of ether oxygens (including phenoxy) is 1. The normalized spacial score (nSPS) is 13.4. The molecule has 23 rings (SSSR count). The van der Waals surface area contributed by atoms with Gasteiger partial charge >= 0.3 is 0 Å². The molecule has 0 bridgehead atoms. The van der Waals surface area contributed by atoms with Crippen LogP contribution in [0.1, 0.15) is 26.3 Å². The minimum atomic E-state index is -0.320. The first kappa shape index (κ1) is 68.0. The van der Waals surface area contributed by atoms with Crippen molar-refractivity contribution in [1.29, 1.82) is 0 Å². The van der Waals surface area contributed by atoms with Crippen LogP contribution in [-0.2, 0) is 5.41 Å². The summed E-state index contributed by atoms with van der Waals surface area (Å²) in [4.78, 5) is 13.1. The molecule has 6 heterocycles. The molecule has 6 aliphatic rings. The second-order valence-corrected chi connectivity index (χ2v) is 35.2. The molecule has 0 saturated heterocycles. The predicted octanol–water partition coefficient (Wildman–Crippen LogP) is 22.9. The van der Waals surface area contributed by atoms with E-state index in [4.69, 9.17) is 4.74 Å². The maximum Gasteiger partial charge on any atom is 0.253 e. The highest BCUT2D eigenvalue weighted by Crippen LogP contribution is 2.57. The van der Waals surface area contributed by atoms with Crippen LogP contribution in [0, 0.1) is 0 Å². The molecule has 0 radical (unpaired) electrons. The average molecular weight is 1520 g/mol. The van der Waals surface area contributed by atoms with Crippen LogP contribution < -0.4 is 63.7 Å². The van der Waals surface area contributed by atoms with E-state index in [0.29, 0.717) is 0 Å². The van der Waals surface area contributed by atoms with Crippen molar-refractivity contribution in [2.75, 3.05) is 9.80 Å². The van der Waals surface area contributed by atoms with Gasteiger partial charge in [0.25, 0.3) is 13.4 Å². The second kappa shape index (κ2) is 27.0. The van der Waals surface area contributed by atoms with Gasteiger partial charge in [0.15, 0.2) is 0 Å². The number of benzene rings is 17. The molecule has 115 heavy (non-hydrogen) atoms. The standard InChI is InChI=1S/C106H71B3N2OS3/c1-106(2,3)78-62-88-97-89(63-78)111(103-81(72-42-24-10-25-43-72)48-29-49-82(103)73-44-26-11-27-45-73)90-64-95-100-104(98(90)108(97)83-58-74(66-30-12-4-13-31-66)50-54-87(83)110(88)102-79(70-38-20-8-21-39-70)46-28-47-80(102)71-40-22-9-23-41-71)114-94-57-53-77(69-36-18-7-19-37-69)61-86(94)109(100)101-96(113-95)65-92-99-105(101)115-93-56-52-76(68-34-16-6-17-35-68)60-85(93)107(99)84-59-75(51-55-91(84)112-92)67-32-14-5-15-33-67/h4-65H,1-3H3. The Labute approximate surface area is 685 Å². The van der Waals surface area contributed by atoms with Gasteiger partial charge in [-0.15, -0.1) is 0 Å². The molecule has 538 valence electrons. The van der Waals surface area contributed by atoms with E-state index in [1.54, 1.807) is 0 Å². The van der Waals surface area contributed by atoms with Crippen molar-refractivity contribution in [3.63, 3.8) is 0 Å². The first-order valence-electron chi connectivity index (χ1n) is 39.9. The number of hydrogen-bond acceptors (Lipinski definition) is 6. The predicted molar refractivity (Wildman–Crippen MR) is 490 cm³/mol. The number of anilines is 6. The van der Waals surface area contributed by atoms with E-state index in [2.05, 4.69) is 407 Å². The van der Waals surface area contributed by atoms with Crippen molar-refractivity contribution in [3.8, 4) is 101 Å². The molecule has 0 fully saturated rings. The molecule has 17 aromatic carbocycles. The van der Waals surface area contributed by atoms with Crippen molar-refractivity contribution in [1.82, 2.24) is 0 Å². The Morgan fingerprint density at radius 2 is 0.583 bits per heavy atom. The highest BCUT2D eigenvalue weighted by molar-refractivity contribution is 8.02. The van der Waals surface area contributed by atoms with Crippen LogP contribution in [0.2, 0.25) is 0 Å². The summed E-state index contributed by atoms with van der Waals surface area (Å²) in [6, 6.07) is 142. The Kier molecular flexibility index (Phi) is 16.0. The summed E-state index contributed by atoms with van der Waals surface area (Å²) in [7, 11) is 0. The third kappa shape index (κ3) is 11.0. The monoisotopic (exact) mass is 1520 g/mol. The maximum atomic E-state index is 7.59. The van der Waals surface area contributed by atoms with Crippen molar-refractivity contribution >= 4 is 139 Å². The van der Waals surface area contributed by atoms with E-state index >= 15 is 0 Å². The average Bonchev–Trinajstić information content (AvgIpc) is 0.671. The van der Waals surface area contributed by atoms with Crippen LogP contribution >= 0.6 is 35.3 Å². The fraction of sp³-hybridized carbons (Fsp3) is 0.0377. The third-order valence-corrected chi connectivity index (χ3v) is 28.0. The van der Waals surface area contributed by atoms with Crippen LogP contribution in [0.15, 0.2) is 405 Å². The Morgan fingerprint density at radius 3 is 1.02 bits per heavy atom. The summed E-state index contributed by atoms with van der Waals surface area (Å²) in [5.74, 6) is 1.82. The van der Waals surface area contributed by atoms with Crippen molar-refractivity contribution in [2.45, 2.75) is 55.6 Å². The van der Waals surface area contributed by atoms with Gasteiger partial charge in [0, 0.05) is 74.4 Å². The van der Waals surface area contributed by atoms with Crippen LogP contribution in [0.4, 0.5) is 34.1 Å². The van der Waals surface area contributed by atoms with E-state index in [1.165, 1.54) is 140 Å². The lowest BCUT2D eigenvalue weighted by Gasteiger charge is -2.48. The Bertz CT molecular complexity index is 6660. The Hall–Kier alpha value is -12.6. The Morgan fingerprint density at radius 1 is 0.235 bits per heavy atom. The van der Waals surface area contributed by atoms with Gasteiger partial charge < -0.3 is 14.5 Å². The number of nitrogens with zero attached hydrogens (tertiary/aromatic N) is 2. The smallest absolute Gasteiger partial charge is 0.253 e. The highest BCUT2D eigenvalue weighted by Gasteiger charge is 2.53. The SMILES string of the molecule is CC(C)(C)c1cc2c3c(c1)N(c1c(-c4ccccc4)cccc1-c1ccccc1)c1cc4c5c(c1B3c1cc(-c3ccccc3)ccc1N2c1c(-c2ccccc2)cccc1-c1ccccc1)Sc1ccc(-c2ccccc2)cc1B5c1c(cc2c3c1Sc1ccc(-c5ccccc5)cc1B3c1cc(-c3ccccc3)ccc1O2)S4. The molecule has 0 aliphatic carbocycles. The van der Waals surface area contributed by atoms with Crippen LogP contribution in [-0.4, -0.2) is 20.1 Å². The Balaban J connectivity index is 0.861. The molecule has 0 unspecified atom stereocenters. The molecular formula is C106H71B3N2OS3. The molecule has 17 aromatic rings. The zero-order valence-electron chi connectivity index (χ0n) is 63.6. The largest absolute Gasteiger partial charge is 0.458 e. The van der Waals surface area contributed by atoms with Gasteiger partial charge in [0.05, 0.1) is 11.4 Å². The van der Waals surface area contributed by atoms with Gasteiger partial charge in [0.1, 0.15) is 11.5 Å². The van der Waals surface area contributed by atoms with Crippen molar-refractivity contribution < 1.29 is 4.74 Å². The first-order chi connectivity index (χ1) is 56.7. The van der Waals surface area contributed by atoms with E-state index in [-0.39, 0.29) is 25.6 Å². The van der Waals surface area contributed by atoms with Crippen molar-refractivity contribution in [2.24, 2.45) is 0 Å². The lowest BCUT2D eigenvalue weighted by Crippen LogP contribution is -2.67. The second-order valence-electron chi connectivity index (χ2n) is 32.0. The van der Waals surface area contributed by atoms with Crippen molar-refractivity contribution in [3.05, 3.63) is 382 Å². The minimum absolute atomic E-state index is 0.134. The zero-order valence-corrected chi connectivity index (χ0v) is 66.0. The topological polar surface area (TPSA) is 15.7 Å². The minimum Gasteiger partial charge on any atom is -0.458 e. The van der Waals surface area contributed by atoms with E-state index < -0.39 is 0 Å². The molecule has 3 nitrogen and oxygen atoms in total. The molecule has 0 atom stereocenters. The summed E-state index contributed by atoms with van der Waals surface area (Å²) in [6.45, 7) is 6.56. The number of fused-ring (bicyclic) bond motifs is 14. The summed E-state index contributed by atoms with van der Waals surface area (Å²) >= 11 is 5.89. The van der Waals surface area contributed by atoms with Crippen LogP contribution in [0.5, 0.6) is 11.5 Å². The van der Waals surface area contributed by atoms with Crippen LogP contribution in [0.25, 0.3) is 89.0 Å². The third-order valence-electron chi connectivity index (χ3n) is 24.4. The van der Waals surface area contributed by atoms with E-state index in [0.717, 1.165) is 78.8 Å². The summed E-state index contributed by atoms with van der Waals surface area (Å²) in [6.07, 6.45) is 0. The van der Waals surface area contributed by atoms with Gasteiger partial charge in [-0.2, -0.15) is 0 Å². The number of rotatable bonds is 10.